The zero-order valence-corrected chi connectivity index (χ0v) is 9.27. The summed E-state index contributed by atoms with van der Waals surface area (Å²) in [4.78, 5) is 13.0. The van der Waals surface area contributed by atoms with Gasteiger partial charge in [-0.15, -0.1) is 5.10 Å². The van der Waals surface area contributed by atoms with Crippen molar-refractivity contribution in [2.24, 2.45) is 7.05 Å². The van der Waals surface area contributed by atoms with Crippen LogP contribution in [-0.4, -0.2) is 44.7 Å². The Morgan fingerprint density at radius 1 is 1.60 bits per heavy atom. The summed E-state index contributed by atoms with van der Waals surface area (Å²) in [6.07, 6.45) is 0.922. The third kappa shape index (κ3) is 3.19. The Morgan fingerprint density at radius 3 is 2.87 bits per heavy atom. The highest BCUT2D eigenvalue weighted by Gasteiger charge is 2.11. The number of aryl methyl sites for hydroxylation is 1. The van der Waals surface area contributed by atoms with Crippen LogP contribution in [0.2, 0.25) is 0 Å². The van der Waals surface area contributed by atoms with Crippen LogP contribution in [0.25, 0.3) is 0 Å². The monoisotopic (exact) mass is 212 g/mol. The van der Waals surface area contributed by atoms with Crippen LogP contribution in [0.5, 0.6) is 0 Å². The van der Waals surface area contributed by atoms with Crippen molar-refractivity contribution in [1.82, 2.24) is 30.4 Å². The average molecular weight is 212 g/mol. The standard InChI is InChI=1S/C8H16N6O/c1-4-5-9-8(15)13(2)6-7-10-11-12-14(7)3/h4-6H2,1-3H3,(H,9,15). The number of hydrogen-bond acceptors (Lipinski definition) is 4. The number of carbonyl (C=O) groups excluding carboxylic acids is 1. The van der Waals surface area contributed by atoms with E-state index in [4.69, 9.17) is 0 Å². The van der Waals surface area contributed by atoms with E-state index in [1.165, 1.54) is 0 Å². The summed E-state index contributed by atoms with van der Waals surface area (Å²) in [6, 6.07) is -0.111. The summed E-state index contributed by atoms with van der Waals surface area (Å²) in [5, 5.41) is 13.8. The second kappa shape index (κ2) is 5.28. The molecule has 1 aromatic heterocycles. The molecule has 1 rings (SSSR count). The van der Waals surface area contributed by atoms with Gasteiger partial charge in [-0.2, -0.15) is 0 Å². The topological polar surface area (TPSA) is 75.9 Å². The van der Waals surface area contributed by atoms with E-state index in [2.05, 4.69) is 20.8 Å². The van der Waals surface area contributed by atoms with Gasteiger partial charge < -0.3 is 10.2 Å². The largest absolute Gasteiger partial charge is 0.338 e. The first kappa shape index (κ1) is 11.4. The minimum absolute atomic E-state index is 0.111. The van der Waals surface area contributed by atoms with Gasteiger partial charge in [-0.3, -0.25) is 0 Å². The van der Waals surface area contributed by atoms with Gasteiger partial charge in [0.2, 0.25) is 0 Å². The zero-order chi connectivity index (χ0) is 11.3. The summed E-state index contributed by atoms with van der Waals surface area (Å²) in [6.45, 7) is 3.09. The first-order valence-electron chi connectivity index (χ1n) is 4.85. The molecular formula is C8H16N6O. The molecule has 0 aromatic carbocycles. The maximum Gasteiger partial charge on any atom is 0.317 e. The summed E-state index contributed by atoms with van der Waals surface area (Å²) < 4.78 is 1.55. The van der Waals surface area contributed by atoms with Gasteiger partial charge in [-0.25, -0.2) is 9.48 Å². The molecule has 0 saturated heterocycles. The fraction of sp³-hybridized carbons (Fsp3) is 0.750. The molecule has 7 nitrogen and oxygen atoms in total. The molecule has 0 aliphatic rings. The van der Waals surface area contributed by atoms with E-state index in [0.29, 0.717) is 18.9 Å². The van der Waals surface area contributed by atoms with Gasteiger partial charge in [-0.1, -0.05) is 6.92 Å². The first-order valence-corrected chi connectivity index (χ1v) is 4.85. The van der Waals surface area contributed by atoms with E-state index in [1.807, 2.05) is 6.92 Å². The lowest BCUT2D eigenvalue weighted by Gasteiger charge is -2.16. The van der Waals surface area contributed by atoms with Gasteiger partial charge in [0.05, 0.1) is 6.54 Å². The van der Waals surface area contributed by atoms with E-state index in [0.717, 1.165) is 6.42 Å². The summed E-state index contributed by atoms with van der Waals surface area (Å²) in [7, 11) is 3.45. The fourth-order valence-electron chi connectivity index (χ4n) is 1.03. The molecule has 0 spiro atoms. The molecule has 1 aromatic rings. The number of nitrogens with zero attached hydrogens (tertiary/aromatic N) is 5. The third-order valence-corrected chi connectivity index (χ3v) is 1.96. The highest BCUT2D eigenvalue weighted by molar-refractivity contribution is 5.73. The first-order chi connectivity index (χ1) is 7.15. The van der Waals surface area contributed by atoms with Crippen LogP contribution in [0.4, 0.5) is 4.79 Å². The normalized spacial score (nSPS) is 10.1. The third-order valence-electron chi connectivity index (χ3n) is 1.96. The Hall–Kier alpha value is -1.66. The lowest BCUT2D eigenvalue weighted by atomic mass is 10.5. The van der Waals surface area contributed by atoms with Crippen LogP contribution in [-0.2, 0) is 13.6 Å². The van der Waals surface area contributed by atoms with Crippen LogP contribution >= 0.6 is 0 Å². The Balaban J connectivity index is 2.45. The van der Waals surface area contributed by atoms with E-state index in [1.54, 1.807) is 23.7 Å². The van der Waals surface area contributed by atoms with Crippen molar-refractivity contribution >= 4 is 6.03 Å². The van der Waals surface area contributed by atoms with E-state index in [9.17, 15) is 4.79 Å². The molecule has 7 heteroatoms. The minimum atomic E-state index is -0.111. The number of tetrazole rings is 1. The SMILES string of the molecule is CCCNC(=O)N(C)Cc1nnnn1C. The predicted molar refractivity (Wildman–Crippen MR) is 54.0 cm³/mol. The molecule has 0 radical (unpaired) electrons. The van der Waals surface area contributed by atoms with Gasteiger partial charge in [0.25, 0.3) is 0 Å². The molecule has 1 N–H and O–H groups in total. The second-order valence-electron chi connectivity index (χ2n) is 3.31. The molecule has 2 amide bonds. The quantitative estimate of drug-likeness (QED) is 0.747. The Bertz CT molecular complexity index is 323. The van der Waals surface area contributed by atoms with Gasteiger partial charge in [0, 0.05) is 20.6 Å². The van der Waals surface area contributed by atoms with Crippen LogP contribution in [0.15, 0.2) is 0 Å². The highest BCUT2D eigenvalue weighted by atomic mass is 16.2. The van der Waals surface area contributed by atoms with Crippen molar-refractivity contribution in [1.29, 1.82) is 0 Å². The molecule has 1 heterocycles. The van der Waals surface area contributed by atoms with Crippen LogP contribution in [0.1, 0.15) is 19.2 Å². The van der Waals surface area contributed by atoms with E-state index >= 15 is 0 Å². The lowest BCUT2D eigenvalue weighted by molar-refractivity contribution is 0.205. The van der Waals surface area contributed by atoms with E-state index in [-0.39, 0.29) is 6.03 Å². The van der Waals surface area contributed by atoms with Crippen molar-refractivity contribution in [2.45, 2.75) is 19.9 Å². The van der Waals surface area contributed by atoms with Gasteiger partial charge in [-0.05, 0) is 16.8 Å². The Morgan fingerprint density at radius 2 is 2.33 bits per heavy atom. The zero-order valence-electron chi connectivity index (χ0n) is 9.27. The smallest absolute Gasteiger partial charge is 0.317 e. The number of nitrogens with one attached hydrogen (secondary N) is 1. The molecule has 0 unspecified atom stereocenters. The number of hydrogen-bond donors (Lipinski definition) is 1. The molecule has 0 bridgehead atoms. The molecule has 0 saturated carbocycles. The maximum atomic E-state index is 11.5. The van der Waals surface area contributed by atoms with Crippen LogP contribution < -0.4 is 5.32 Å². The van der Waals surface area contributed by atoms with Crippen LogP contribution in [0.3, 0.4) is 0 Å². The summed E-state index contributed by atoms with van der Waals surface area (Å²) >= 11 is 0. The number of amides is 2. The molecule has 15 heavy (non-hydrogen) atoms. The number of rotatable bonds is 4. The lowest BCUT2D eigenvalue weighted by Crippen LogP contribution is -2.37. The maximum absolute atomic E-state index is 11.5. The van der Waals surface area contributed by atoms with Crippen molar-refractivity contribution in [3.8, 4) is 0 Å². The molecule has 84 valence electrons. The predicted octanol–water partition coefficient (Wildman–Crippen LogP) is -0.239. The molecule has 0 aliphatic heterocycles. The van der Waals surface area contributed by atoms with Crippen molar-refractivity contribution in [3.63, 3.8) is 0 Å². The second-order valence-corrected chi connectivity index (χ2v) is 3.31. The van der Waals surface area contributed by atoms with Gasteiger partial charge in [0.15, 0.2) is 5.82 Å². The number of aromatic nitrogens is 4. The highest BCUT2D eigenvalue weighted by Crippen LogP contribution is 1.95. The molecule has 0 aliphatic carbocycles. The molecule has 0 fully saturated rings. The van der Waals surface area contributed by atoms with Crippen molar-refractivity contribution in [3.05, 3.63) is 5.82 Å². The fourth-order valence-corrected chi connectivity index (χ4v) is 1.03. The van der Waals surface area contributed by atoms with Gasteiger partial charge >= 0.3 is 6.03 Å². The van der Waals surface area contributed by atoms with E-state index < -0.39 is 0 Å². The van der Waals surface area contributed by atoms with Gasteiger partial charge in [0.1, 0.15) is 0 Å². The average Bonchev–Trinajstić information content (AvgIpc) is 2.61. The van der Waals surface area contributed by atoms with Crippen molar-refractivity contribution < 1.29 is 4.79 Å². The molecule has 0 atom stereocenters. The summed E-state index contributed by atoms with van der Waals surface area (Å²) in [5.74, 6) is 0.657. The minimum Gasteiger partial charge on any atom is -0.338 e. The number of urea groups is 1. The summed E-state index contributed by atoms with van der Waals surface area (Å²) in [5.41, 5.74) is 0. The molecular weight excluding hydrogens is 196 g/mol. The van der Waals surface area contributed by atoms with Crippen molar-refractivity contribution in [2.75, 3.05) is 13.6 Å². The Labute approximate surface area is 88.4 Å². The number of carbonyl (C=O) groups is 1. The Kier molecular flexibility index (Phi) is 4.02. The van der Waals surface area contributed by atoms with Crippen LogP contribution in [0, 0.1) is 0 Å².